The highest BCUT2D eigenvalue weighted by Crippen LogP contribution is 2.17. The summed E-state index contributed by atoms with van der Waals surface area (Å²) < 4.78 is 17.2. The van der Waals surface area contributed by atoms with Crippen molar-refractivity contribution in [1.29, 1.82) is 0 Å². The van der Waals surface area contributed by atoms with E-state index in [1.165, 1.54) is 27.6 Å². The van der Waals surface area contributed by atoms with Gasteiger partial charge in [0.15, 0.2) is 0 Å². The molecule has 23 heavy (non-hydrogen) atoms. The molecule has 8 heteroatoms. The first-order valence-corrected chi connectivity index (χ1v) is 6.71. The number of halogens is 1. The van der Waals surface area contributed by atoms with Crippen molar-refractivity contribution in [2.75, 3.05) is 0 Å². The fourth-order valence-corrected chi connectivity index (χ4v) is 2.18. The number of nitrogens with zero attached hydrogens (tertiary/aromatic N) is 6. The minimum Gasteiger partial charge on any atom is -0.303 e. The maximum Gasteiger partial charge on any atom is 0.255 e. The number of imidazole rings is 1. The van der Waals surface area contributed by atoms with Gasteiger partial charge in [0.05, 0.1) is 29.9 Å². The van der Waals surface area contributed by atoms with E-state index < -0.39 is 5.82 Å². The molecule has 0 unspecified atom stereocenters. The van der Waals surface area contributed by atoms with Gasteiger partial charge in [0.25, 0.3) is 5.56 Å². The van der Waals surface area contributed by atoms with Gasteiger partial charge in [-0.15, -0.1) is 0 Å². The van der Waals surface area contributed by atoms with Gasteiger partial charge in [0, 0.05) is 29.4 Å². The second-order valence-electron chi connectivity index (χ2n) is 4.71. The highest BCUT2D eigenvalue weighted by molar-refractivity contribution is 5.43. The average Bonchev–Trinajstić information content (AvgIpc) is 3.02. The molecule has 0 saturated carbocycles. The van der Waals surface area contributed by atoms with Crippen LogP contribution in [0.15, 0.2) is 65.0 Å². The van der Waals surface area contributed by atoms with Crippen molar-refractivity contribution in [3.63, 3.8) is 0 Å². The summed E-state index contributed by atoms with van der Waals surface area (Å²) in [6.45, 7) is 0.0998. The normalized spacial score (nSPS) is 10.3. The summed E-state index contributed by atoms with van der Waals surface area (Å²) in [5.41, 5.74) is 9.31. The predicted octanol–water partition coefficient (Wildman–Crippen LogP) is 2.97. The van der Waals surface area contributed by atoms with Crippen LogP contribution >= 0.6 is 0 Å². The van der Waals surface area contributed by atoms with Crippen LogP contribution in [-0.2, 0) is 6.54 Å². The van der Waals surface area contributed by atoms with Gasteiger partial charge in [-0.2, -0.15) is 0 Å². The Labute approximate surface area is 129 Å². The number of aromatic nitrogens is 3. The molecule has 0 saturated heterocycles. The van der Waals surface area contributed by atoms with Crippen molar-refractivity contribution in [3.05, 3.63) is 87.4 Å². The predicted molar refractivity (Wildman–Crippen MR) is 82.0 cm³/mol. The van der Waals surface area contributed by atoms with Crippen LogP contribution in [0.2, 0.25) is 0 Å². The molecule has 0 fully saturated rings. The molecule has 3 rings (SSSR count). The van der Waals surface area contributed by atoms with E-state index >= 15 is 0 Å². The molecule has 114 valence electrons. The molecule has 0 radical (unpaired) electrons. The molecule has 0 spiro atoms. The summed E-state index contributed by atoms with van der Waals surface area (Å²) in [5, 5.41) is 3.41. The summed E-state index contributed by atoms with van der Waals surface area (Å²) in [7, 11) is 0. The van der Waals surface area contributed by atoms with Crippen LogP contribution in [-0.4, -0.2) is 14.1 Å². The molecule has 3 aromatic rings. The molecule has 0 aliphatic rings. The van der Waals surface area contributed by atoms with Gasteiger partial charge in [0.1, 0.15) is 5.82 Å². The van der Waals surface area contributed by atoms with Gasteiger partial charge in [0.2, 0.25) is 0 Å². The zero-order valence-corrected chi connectivity index (χ0v) is 11.9. The number of hydrogen-bond acceptors (Lipinski definition) is 3. The van der Waals surface area contributed by atoms with Crippen LogP contribution in [0.3, 0.4) is 0 Å². The van der Waals surface area contributed by atoms with Crippen LogP contribution in [0.1, 0.15) is 5.69 Å². The molecule has 0 amide bonds. The molecule has 7 nitrogen and oxygen atoms in total. The Morgan fingerprint density at radius 2 is 2.17 bits per heavy atom. The van der Waals surface area contributed by atoms with Crippen LogP contribution < -0.4 is 5.56 Å². The Bertz CT molecular complexity index is 954. The van der Waals surface area contributed by atoms with Crippen molar-refractivity contribution < 1.29 is 4.39 Å². The fourth-order valence-electron chi connectivity index (χ4n) is 2.18. The quantitative estimate of drug-likeness (QED) is 0.421. The van der Waals surface area contributed by atoms with E-state index in [9.17, 15) is 9.18 Å². The Balaban J connectivity index is 1.97. The number of hydrogen-bond donors (Lipinski definition) is 0. The molecule has 0 N–H and O–H groups in total. The first kappa shape index (κ1) is 14.6. The van der Waals surface area contributed by atoms with Gasteiger partial charge in [-0.1, -0.05) is 11.2 Å². The van der Waals surface area contributed by atoms with E-state index in [0.29, 0.717) is 11.4 Å². The summed E-state index contributed by atoms with van der Waals surface area (Å²) in [6, 6.07) is 9.22. The van der Waals surface area contributed by atoms with Gasteiger partial charge in [-0.05, 0) is 23.7 Å². The molecule has 0 bridgehead atoms. The standard InChI is InChI=1S/C15H11FN6O/c16-13-7-12(22-6-2-1-3-15(22)23)4-5-14(13)21-9-11(18-10-21)8-19-20-17/h1-7,9-10H,8H2. The molecular formula is C15H11FN6O. The Morgan fingerprint density at radius 3 is 2.91 bits per heavy atom. The van der Waals surface area contributed by atoms with Gasteiger partial charge in [-0.25, -0.2) is 9.37 Å². The van der Waals surface area contributed by atoms with Crippen LogP contribution in [0.4, 0.5) is 4.39 Å². The van der Waals surface area contributed by atoms with Crippen molar-refractivity contribution in [2.24, 2.45) is 5.11 Å². The number of pyridine rings is 1. The molecule has 0 aliphatic heterocycles. The molecule has 0 aliphatic carbocycles. The van der Waals surface area contributed by atoms with Crippen LogP contribution in [0.25, 0.3) is 21.8 Å². The summed E-state index contributed by atoms with van der Waals surface area (Å²) in [5.74, 6) is -0.494. The average molecular weight is 310 g/mol. The van der Waals surface area contributed by atoms with Gasteiger partial charge < -0.3 is 4.57 Å². The Morgan fingerprint density at radius 1 is 1.30 bits per heavy atom. The topological polar surface area (TPSA) is 88.6 Å². The van der Waals surface area contributed by atoms with E-state index in [1.54, 1.807) is 36.7 Å². The number of rotatable bonds is 4. The highest BCUT2D eigenvalue weighted by Gasteiger charge is 2.08. The van der Waals surface area contributed by atoms with Gasteiger partial charge >= 0.3 is 0 Å². The van der Waals surface area contributed by atoms with Crippen molar-refractivity contribution >= 4 is 0 Å². The number of azide groups is 1. The van der Waals surface area contributed by atoms with E-state index in [0.717, 1.165) is 0 Å². The molecule has 1 aromatic carbocycles. The molecule has 2 aromatic heterocycles. The lowest BCUT2D eigenvalue weighted by atomic mass is 10.2. The lowest BCUT2D eigenvalue weighted by molar-refractivity contribution is 0.616. The zero-order valence-electron chi connectivity index (χ0n) is 11.9. The third-order valence-corrected chi connectivity index (χ3v) is 3.24. The first-order valence-electron chi connectivity index (χ1n) is 6.71. The molecule has 0 atom stereocenters. The molecule has 2 heterocycles. The monoisotopic (exact) mass is 310 g/mol. The van der Waals surface area contributed by atoms with Gasteiger partial charge in [-0.3, -0.25) is 9.36 Å². The Hall–Kier alpha value is -3.38. The van der Waals surface area contributed by atoms with Crippen molar-refractivity contribution in [1.82, 2.24) is 14.1 Å². The smallest absolute Gasteiger partial charge is 0.255 e. The van der Waals surface area contributed by atoms with Crippen LogP contribution in [0.5, 0.6) is 0 Å². The van der Waals surface area contributed by atoms with E-state index in [2.05, 4.69) is 15.0 Å². The third kappa shape index (κ3) is 2.97. The summed E-state index contributed by atoms with van der Waals surface area (Å²) in [4.78, 5) is 18.5. The van der Waals surface area contributed by atoms with Crippen molar-refractivity contribution in [2.45, 2.75) is 6.54 Å². The van der Waals surface area contributed by atoms with E-state index in [4.69, 9.17) is 5.53 Å². The lowest BCUT2D eigenvalue weighted by Gasteiger charge is -2.08. The SMILES string of the molecule is [N-]=[N+]=NCc1cn(-c2ccc(-n3ccccc3=O)cc2F)cn1. The second kappa shape index (κ2) is 6.17. The van der Waals surface area contributed by atoms with E-state index in [1.807, 2.05) is 0 Å². The third-order valence-electron chi connectivity index (χ3n) is 3.24. The summed E-state index contributed by atoms with van der Waals surface area (Å²) in [6.07, 6.45) is 4.60. The fraction of sp³-hybridized carbons (Fsp3) is 0.0667. The van der Waals surface area contributed by atoms with E-state index in [-0.39, 0.29) is 17.8 Å². The minimum atomic E-state index is -0.494. The maximum absolute atomic E-state index is 14.4. The maximum atomic E-state index is 14.4. The zero-order chi connectivity index (χ0) is 16.2. The van der Waals surface area contributed by atoms with Crippen LogP contribution in [0, 0.1) is 5.82 Å². The highest BCUT2D eigenvalue weighted by atomic mass is 19.1. The summed E-state index contributed by atoms with van der Waals surface area (Å²) >= 11 is 0. The Kier molecular flexibility index (Phi) is 3.90. The molecular weight excluding hydrogens is 299 g/mol. The number of benzene rings is 1. The largest absolute Gasteiger partial charge is 0.303 e. The lowest BCUT2D eigenvalue weighted by Crippen LogP contribution is -2.15. The van der Waals surface area contributed by atoms with Crippen molar-refractivity contribution in [3.8, 4) is 11.4 Å². The minimum absolute atomic E-state index is 0.0998. The second-order valence-corrected chi connectivity index (χ2v) is 4.71. The first-order chi connectivity index (χ1) is 11.2.